The molecule has 2 N–H and O–H groups in total. The van der Waals surface area contributed by atoms with Gasteiger partial charge in [-0.25, -0.2) is 4.39 Å². The number of aromatic nitrogens is 1. The quantitative estimate of drug-likeness (QED) is 0.359. The number of carbonyl (C=O) groups is 1. The molecule has 0 fully saturated rings. The van der Waals surface area contributed by atoms with Gasteiger partial charge in [0.25, 0.3) is 0 Å². The van der Waals surface area contributed by atoms with E-state index < -0.39 is 0 Å². The van der Waals surface area contributed by atoms with E-state index in [-0.39, 0.29) is 42.2 Å². The summed E-state index contributed by atoms with van der Waals surface area (Å²) in [6, 6.07) is 12.0. The number of halogens is 2. The average molecular weight is 485 g/mol. The molecule has 0 bridgehead atoms. The third-order valence-electron chi connectivity index (χ3n) is 3.86. The number of pyridine rings is 1. The molecular formula is C19H25FIN5O. The van der Waals surface area contributed by atoms with Gasteiger partial charge in [-0.15, -0.1) is 24.0 Å². The molecular weight excluding hydrogens is 460 g/mol. The van der Waals surface area contributed by atoms with Gasteiger partial charge in [0.2, 0.25) is 5.91 Å². The van der Waals surface area contributed by atoms with Crippen molar-refractivity contribution >= 4 is 35.8 Å². The molecule has 27 heavy (non-hydrogen) atoms. The summed E-state index contributed by atoms with van der Waals surface area (Å²) in [5, 5.41) is 6.08. The zero-order valence-corrected chi connectivity index (χ0v) is 17.8. The highest BCUT2D eigenvalue weighted by atomic mass is 127. The molecule has 2 rings (SSSR count). The highest BCUT2D eigenvalue weighted by molar-refractivity contribution is 14.0. The Morgan fingerprint density at radius 2 is 1.93 bits per heavy atom. The first-order valence-corrected chi connectivity index (χ1v) is 8.41. The lowest BCUT2D eigenvalue weighted by molar-refractivity contribution is -0.128. The van der Waals surface area contributed by atoms with Crippen molar-refractivity contribution in [3.8, 4) is 0 Å². The Balaban J connectivity index is 0.00000364. The van der Waals surface area contributed by atoms with Crippen molar-refractivity contribution in [2.24, 2.45) is 4.99 Å². The van der Waals surface area contributed by atoms with Crippen LogP contribution < -0.4 is 10.6 Å². The molecule has 0 aliphatic heterocycles. The highest BCUT2D eigenvalue weighted by Gasteiger charge is 2.10. The van der Waals surface area contributed by atoms with Crippen molar-refractivity contribution in [2.45, 2.75) is 13.0 Å². The molecule has 146 valence electrons. The summed E-state index contributed by atoms with van der Waals surface area (Å²) in [7, 11) is 3.40. The molecule has 8 heteroatoms. The normalized spacial score (nSPS) is 10.7. The summed E-state index contributed by atoms with van der Waals surface area (Å²) in [6.45, 7) is 1.23. The largest absolute Gasteiger partial charge is 0.352 e. The van der Waals surface area contributed by atoms with E-state index in [4.69, 9.17) is 0 Å². The lowest BCUT2D eigenvalue weighted by Crippen LogP contribution is -2.43. The maximum atomic E-state index is 12.9. The Morgan fingerprint density at radius 1 is 1.19 bits per heavy atom. The fraction of sp³-hybridized carbons (Fsp3) is 0.316. The first-order valence-electron chi connectivity index (χ1n) is 8.41. The van der Waals surface area contributed by atoms with E-state index in [9.17, 15) is 9.18 Å². The molecule has 0 saturated carbocycles. The van der Waals surface area contributed by atoms with Crippen molar-refractivity contribution in [3.05, 3.63) is 65.7 Å². The van der Waals surface area contributed by atoms with Crippen molar-refractivity contribution in [2.75, 3.05) is 27.2 Å². The van der Waals surface area contributed by atoms with E-state index in [1.165, 1.54) is 12.1 Å². The van der Waals surface area contributed by atoms with Gasteiger partial charge in [0.1, 0.15) is 5.82 Å². The maximum Gasteiger partial charge on any atom is 0.241 e. The monoisotopic (exact) mass is 485 g/mol. The van der Waals surface area contributed by atoms with Crippen LogP contribution in [0.25, 0.3) is 0 Å². The van der Waals surface area contributed by atoms with Gasteiger partial charge in [-0.05, 0) is 29.8 Å². The standard InChI is InChI=1S/C19H24FN5O.HI/c1-21-19(23-13-15-6-8-16(20)9-7-15)24-14-18(26)25(2)12-10-17-5-3-4-11-22-17;/h3-9,11H,10,12-14H2,1-2H3,(H2,21,23,24);1H. The molecule has 0 unspecified atom stereocenters. The number of hydrogen-bond acceptors (Lipinski definition) is 3. The van der Waals surface area contributed by atoms with Crippen LogP contribution in [-0.4, -0.2) is 48.9 Å². The molecule has 1 amide bonds. The van der Waals surface area contributed by atoms with E-state index in [0.29, 0.717) is 25.5 Å². The number of hydrogen-bond donors (Lipinski definition) is 2. The average Bonchev–Trinajstić information content (AvgIpc) is 2.68. The van der Waals surface area contributed by atoms with Crippen LogP contribution in [0.4, 0.5) is 4.39 Å². The molecule has 0 saturated heterocycles. The van der Waals surface area contributed by atoms with E-state index in [1.807, 2.05) is 18.2 Å². The first-order chi connectivity index (χ1) is 12.6. The summed E-state index contributed by atoms with van der Waals surface area (Å²) in [5.41, 5.74) is 1.88. The Bertz CT molecular complexity index is 725. The minimum absolute atomic E-state index is 0. The number of nitrogens with zero attached hydrogens (tertiary/aromatic N) is 3. The molecule has 0 spiro atoms. The molecule has 0 atom stereocenters. The van der Waals surface area contributed by atoms with Crippen LogP contribution in [0.1, 0.15) is 11.3 Å². The molecule has 0 radical (unpaired) electrons. The summed E-state index contributed by atoms with van der Waals surface area (Å²) in [6.07, 6.45) is 2.45. The van der Waals surface area contributed by atoms with E-state index in [2.05, 4.69) is 20.6 Å². The van der Waals surface area contributed by atoms with Crippen molar-refractivity contribution in [1.82, 2.24) is 20.5 Å². The van der Waals surface area contributed by atoms with Crippen LogP contribution in [0, 0.1) is 5.82 Å². The number of nitrogens with one attached hydrogen (secondary N) is 2. The fourth-order valence-corrected chi connectivity index (χ4v) is 2.26. The molecule has 6 nitrogen and oxygen atoms in total. The number of likely N-dealkylation sites (N-methyl/N-ethyl adjacent to an activating group) is 1. The Hall–Kier alpha value is -2.23. The van der Waals surface area contributed by atoms with Gasteiger partial charge >= 0.3 is 0 Å². The second-order valence-electron chi connectivity index (χ2n) is 5.79. The van der Waals surface area contributed by atoms with Gasteiger partial charge in [0.05, 0.1) is 6.54 Å². The van der Waals surface area contributed by atoms with Gasteiger partial charge in [-0.2, -0.15) is 0 Å². The topological polar surface area (TPSA) is 69.6 Å². The zero-order chi connectivity index (χ0) is 18.8. The first kappa shape index (κ1) is 22.8. The van der Waals surface area contributed by atoms with Gasteiger partial charge in [0, 0.05) is 45.5 Å². The van der Waals surface area contributed by atoms with Crippen LogP contribution in [0.5, 0.6) is 0 Å². The van der Waals surface area contributed by atoms with Crippen LogP contribution in [0.15, 0.2) is 53.7 Å². The van der Waals surface area contributed by atoms with Crippen LogP contribution in [-0.2, 0) is 17.8 Å². The number of amides is 1. The fourth-order valence-electron chi connectivity index (χ4n) is 2.26. The number of rotatable bonds is 7. The van der Waals surface area contributed by atoms with Crippen LogP contribution in [0.3, 0.4) is 0 Å². The third kappa shape index (κ3) is 8.33. The molecule has 0 aliphatic rings. The smallest absolute Gasteiger partial charge is 0.241 e. The SMILES string of the molecule is CN=C(NCC(=O)N(C)CCc1ccccn1)NCc1ccc(F)cc1.I. The van der Waals surface area contributed by atoms with Gasteiger partial charge in [0.15, 0.2) is 5.96 Å². The minimum atomic E-state index is -0.268. The van der Waals surface area contributed by atoms with Gasteiger partial charge in [-0.3, -0.25) is 14.8 Å². The summed E-state index contributed by atoms with van der Waals surface area (Å²) >= 11 is 0. The summed E-state index contributed by atoms with van der Waals surface area (Å²) in [5.74, 6) is 0.210. The lowest BCUT2D eigenvalue weighted by atomic mass is 10.2. The Morgan fingerprint density at radius 3 is 2.56 bits per heavy atom. The zero-order valence-electron chi connectivity index (χ0n) is 15.5. The summed E-state index contributed by atoms with van der Waals surface area (Å²) < 4.78 is 12.9. The number of carbonyl (C=O) groups excluding carboxylic acids is 1. The lowest BCUT2D eigenvalue weighted by Gasteiger charge is -2.18. The number of aliphatic imine (C=N–C) groups is 1. The molecule has 2 aromatic rings. The predicted octanol–water partition coefficient (Wildman–Crippen LogP) is 2.20. The molecule has 1 aromatic heterocycles. The van der Waals surface area contributed by atoms with E-state index in [1.54, 1.807) is 37.3 Å². The second-order valence-corrected chi connectivity index (χ2v) is 5.79. The van der Waals surface area contributed by atoms with E-state index >= 15 is 0 Å². The maximum absolute atomic E-state index is 12.9. The molecule has 1 aromatic carbocycles. The molecule has 1 heterocycles. The van der Waals surface area contributed by atoms with E-state index in [0.717, 1.165) is 11.3 Å². The van der Waals surface area contributed by atoms with Gasteiger partial charge in [-0.1, -0.05) is 18.2 Å². The third-order valence-corrected chi connectivity index (χ3v) is 3.86. The number of benzene rings is 1. The van der Waals surface area contributed by atoms with Crippen molar-refractivity contribution in [1.29, 1.82) is 0 Å². The van der Waals surface area contributed by atoms with Crippen LogP contribution >= 0.6 is 24.0 Å². The van der Waals surface area contributed by atoms with Crippen LogP contribution in [0.2, 0.25) is 0 Å². The van der Waals surface area contributed by atoms with Crippen molar-refractivity contribution < 1.29 is 9.18 Å². The predicted molar refractivity (Wildman–Crippen MR) is 116 cm³/mol. The van der Waals surface area contributed by atoms with Crippen molar-refractivity contribution in [3.63, 3.8) is 0 Å². The highest BCUT2D eigenvalue weighted by Crippen LogP contribution is 2.02. The van der Waals surface area contributed by atoms with Gasteiger partial charge < -0.3 is 15.5 Å². The Kier molecular flexibility index (Phi) is 10.3. The number of guanidine groups is 1. The Labute approximate surface area is 176 Å². The minimum Gasteiger partial charge on any atom is -0.352 e. The molecule has 0 aliphatic carbocycles. The second kappa shape index (κ2) is 12.2. The summed E-state index contributed by atoms with van der Waals surface area (Å²) in [4.78, 5) is 22.2.